The van der Waals surface area contributed by atoms with Crippen molar-refractivity contribution in [2.45, 2.75) is 25.1 Å². The van der Waals surface area contributed by atoms with Crippen LogP contribution in [0.25, 0.3) is 0 Å². The molecule has 2 atom stereocenters. The Balaban J connectivity index is 2.13. The third-order valence-corrected chi connectivity index (χ3v) is 5.55. The van der Waals surface area contributed by atoms with Crippen LogP contribution in [0.5, 0.6) is 0 Å². The van der Waals surface area contributed by atoms with Crippen molar-refractivity contribution in [3.05, 3.63) is 35.4 Å². The Bertz CT molecular complexity index is 622. The van der Waals surface area contributed by atoms with Crippen molar-refractivity contribution in [2.24, 2.45) is 11.7 Å². The molecule has 0 saturated carbocycles. The lowest BCUT2D eigenvalue weighted by Gasteiger charge is -2.34. The molecule has 1 aliphatic heterocycles. The second kappa shape index (κ2) is 5.92. The van der Waals surface area contributed by atoms with E-state index in [4.69, 9.17) is 11.0 Å². The van der Waals surface area contributed by atoms with Crippen LogP contribution >= 0.6 is 0 Å². The van der Waals surface area contributed by atoms with Crippen LogP contribution < -0.4 is 5.73 Å². The first-order valence-electron chi connectivity index (χ1n) is 6.65. The first-order valence-corrected chi connectivity index (χ1v) is 8.26. The Morgan fingerprint density at radius 2 is 2.25 bits per heavy atom. The second-order valence-electron chi connectivity index (χ2n) is 5.36. The zero-order valence-corrected chi connectivity index (χ0v) is 12.3. The number of nitrogens with zero attached hydrogens (tertiary/aromatic N) is 2. The molecule has 1 fully saturated rings. The first kappa shape index (κ1) is 15.0. The van der Waals surface area contributed by atoms with Gasteiger partial charge in [0, 0.05) is 19.1 Å². The largest absolute Gasteiger partial charge is 0.327 e. The van der Waals surface area contributed by atoms with Crippen LogP contribution in [0.2, 0.25) is 0 Å². The van der Waals surface area contributed by atoms with Crippen molar-refractivity contribution < 1.29 is 8.42 Å². The molecule has 1 aliphatic rings. The number of piperidine rings is 1. The van der Waals surface area contributed by atoms with Crippen molar-refractivity contribution in [3.63, 3.8) is 0 Å². The minimum absolute atomic E-state index is 0.0650. The van der Waals surface area contributed by atoms with Crippen LogP contribution in [0.1, 0.15) is 24.5 Å². The summed E-state index contributed by atoms with van der Waals surface area (Å²) in [5.74, 6) is 0.105. The normalized spacial score (nSPS) is 24.2. The predicted octanol–water partition coefficient (Wildman–Crippen LogP) is 1.06. The van der Waals surface area contributed by atoms with Crippen LogP contribution in [0, 0.1) is 17.2 Å². The Hall–Kier alpha value is -1.42. The van der Waals surface area contributed by atoms with Gasteiger partial charge in [0.25, 0.3) is 0 Å². The van der Waals surface area contributed by atoms with E-state index >= 15 is 0 Å². The third kappa shape index (κ3) is 3.37. The molecule has 1 saturated heterocycles. The minimum atomic E-state index is -3.35. The van der Waals surface area contributed by atoms with Gasteiger partial charge in [0.2, 0.25) is 10.0 Å². The summed E-state index contributed by atoms with van der Waals surface area (Å²) in [5.41, 5.74) is 7.04. The molecule has 0 amide bonds. The summed E-state index contributed by atoms with van der Waals surface area (Å²) in [6, 6.07) is 8.82. The zero-order chi connectivity index (χ0) is 14.8. The zero-order valence-electron chi connectivity index (χ0n) is 11.5. The van der Waals surface area contributed by atoms with Gasteiger partial charge in [0.1, 0.15) is 0 Å². The summed E-state index contributed by atoms with van der Waals surface area (Å²) in [6.07, 6.45) is 0.693. The summed E-state index contributed by atoms with van der Waals surface area (Å²) >= 11 is 0. The van der Waals surface area contributed by atoms with E-state index in [0.29, 0.717) is 30.6 Å². The molecule has 0 radical (unpaired) electrons. The molecular weight excluding hydrogens is 274 g/mol. The molecule has 2 unspecified atom stereocenters. The van der Waals surface area contributed by atoms with Crippen LogP contribution in [0.3, 0.4) is 0 Å². The maximum Gasteiger partial charge on any atom is 0.218 e. The van der Waals surface area contributed by atoms with Crippen LogP contribution in [-0.4, -0.2) is 31.9 Å². The molecule has 108 valence electrons. The lowest BCUT2D eigenvalue weighted by Crippen LogP contribution is -2.48. The number of hydrogen-bond donors (Lipinski definition) is 1. The van der Waals surface area contributed by atoms with E-state index < -0.39 is 10.0 Å². The number of nitriles is 1. The van der Waals surface area contributed by atoms with Crippen molar-refractivity contribution >= 4 is 10.0 Å². The molecule has 0 bridgehead atoms. The van der Waals surface area contributed by atoms with E-state index in [1.807, 2.05) is 13.0 Å². The molecular formula is C14H19N3O2S. The number of sulfonamides is 1. The molecule has 1 heterocycles. The second-order valence-corrected chi connectivity index (χ2v) is 7.33. The van der Waals surface area contributed by atoms with Crippen LogP contribution in [0.4, 0.5) is 0 Å². The molecule has 0 aromatic heterocycles. The lowest BCUT2D eigenvalue weighted by molar-refractivity contribution is 0.250. The van der Waals surface area contributed by atoms with E-state index in [0.717, 1.165) is 0 Å². The van der Waals surface area contributed by atoms with Gasteiger partial charge in [0.15, 0.2) is 0 Å². The molecule has 0 spiro atoms. The summed E-state index contributed by atoms with van der Waals surface area (Å²) in [7, 11) is -3.35. The first-order chi connectivity index (χ1) is 9.42. The lowest BCUT2D eigenvalue weighted by atomic mass is 9.96. The highest BCUT2D eigenvalue weighted by atomic mass is 32.2. The Labute approximate surface area is 120 Å². The van der Waals surface area contributed by atoms with Gasteiger partial charge in [-0.15, -0.1) is 0 Å². The molecule has 2 N–H and O–H groups in total. The smallest absolute Gasteiger partial charge is 0.218 e. The monoisotopic (exact) mass is 293 g/mol. The van der Waals surface area contributed by atoms with Crippen LogP contribution in [-0.2, 0) is 15.8 Å². The van der Waals surface area contributed by atoms with Gasteiger partial charge in [-0.2, -0.15) is 5.26 Å². The van der Waals surface area contributed by atoms with Gasteiger partial charge >= 0.3 is 0 Å². The number of nitrogens with two attached hydrogens (primary N) is 1. The summed E-state index contributed by atoms with van der Waals surface area (Å²) in [4.78, 5) is 0. The Morgan fingerprint density at radius 1 is 1.50 bits per heavy atom. The summed E-state index contributed by atoms with van der Waals surface area (Å²) < 4.78 is 26.3. The SMILES string of the molecule is CC1CN(S(=O)(=O)Cc2cccc(C#N)c2)CCC1N. The highest BCUT2D eigenvalue weighted by Crippen LogP contribution is 2.20. The maximum atomic E-state index is 12.4. The standard InChI is InChI=1S/C14H19N3O2S/c1-11-9-17(6-5-14(11)16)20(18,19)10-13-4-2-3-12(7-13)8-15/h2-4,7,11,14H,5-6,9-10,16H2,1H3. The molecule has 2 rings (SSSR count). The molecule has 1 aromatic carbocycles. The summed E-state index contributed by atoms with van der Waals surface area (Å²) in [6.45, 7) is 2.93. The van der Waals surface area contributed by atoms with Gasteiger partial charge in [-0.25, -0.2) is 12.7 Å². The number of rotatable bonds is 3. The Morgan fingerprint density at radius 3 is 2.90 bits per heavy atom. The molecule has 5 nitrogen and oxygen atoms in total. The topological polar surface area (TPSA) is 87.2 Å². The van der Waals surface area contributed by atoms with Crippen molar-refractivity contribution in [1.82, 2.24) is 4.31 Å². The highest BCUT2D eigenvalue weighted by molar-refractivity contribution is 7.88. The fourth-order valence-corrected chi connectivity index (χ4v) is 4.04. The fourth-order valence-electron chi connectivity index (χ4n) is 2.41. The van der Waals surface area contributed by atoms with E-state index in [2.05, 4.69) is 0 Å². The fraction of sp³-hybridized carbons (Fsp3) is 0.500. The van der Waals surface area contributed by atoms with Crippen molar-refractivity contribution in [2.75, 3.05) is 13.1 Å². The predicted molar refractivity (Wildman–Crippen MR) is 77.1 cm³/mol. The Kier molecular flexibility index (Phi) is 4.43. The molecule has 0 aliphatic carbocycles. The quantitative estimate of drug-likeness (QED) is 0.902. The van der Waals surface area contributed by atoms with Gasteiger partial charge in [-0.3, -0.25) is 0 Å². The van der Waals surface area contributed by atoms with Gasteiger partial charge in [-0.05, 0) is 30.0 Å². The highest BCUT2D eigenvalue weighted by Gasteiger charge is 2.30. The third-order valence-electron chi connectivity index (χ3n) is 3.73. The van der Waals surface area contributed by atoms with E-state index in [1.165, 1.54) is 4.31 Å². The van der Waals surface area contributed by atoms with Crippen LogP contribution in [0.15, 0.2) is 24.3 Å². The van der Waals surface area contributed by atoms with Crippen molar-refractivity contribution in [3.8, 4) is 6.07 Å². The summed E-state index contributed by atoms with van der Waals surface area (Å²) in [5, 5.41) is 8.85. The van der Waals surface area contributed by atoms with E-state index in [9.17, 15) is 8.42 Å². The van der Waals surface area contributed by atoms with Gasteiger partial charge in [0.05, 0.1) is 17.4 Å². The average molecular weight is 293 g/mol. The van der Waals surface area contributed by atoms with E-state index in [-0.39, 0.29) is 17.7 Å². The average Bonchev–Trinajstić information content (AvgIpc) is 2.41. The van der Waals surface area contributed by atoms with Crippen molar-refractivity contribution in [1.29, 1.82) is 5.26 Å². The van der Waals surface area contributed by atoms with E-state index in [1.54, 1.807) is 24.3 Å². The van der Waals surface area contributed by atoms with Gasteiger partial charge < -0.3 is 5.73 Å². The molecule has 6 heteroatoms. The number of benzene rings is 1. The molecule has 1 aromatic rings. The van der Waals surface area contributed by atoms with Gasteiger partial charge in [-0.1, -0.05) is 19.1 Å². The molecule has 20 heavy (non-hydrogen) atoms. The minimum Gasteiger partial charge on any atom is -0.327 e. The number of hydrogen-bond acceptors (Lipinski definition) is 4. The maximum absolute atomic E-state index is 12.4.